The van der Waals surface area contributed by atoms with Crippen molar-refractivity contribution in [2.24, 2.45) is 0 Å². The second-order valence-electron chi connectivity index (χ2n) is 7.28. The number of aryl methyl sites for hydroxylation is 2. The molecule has 1 amide bonds. The number of rotatable bonds is 3. The molecule has 0 atom stereocenters. The van der Waals surface area contributed by atoms with Gasteiger partial charge < -0.3 is 4.90 Å². The van der Waals surface area contributed by atoms with Gasteiger partial charge in [0.05, 0.1) is 21.6 Å². The highest BCUT2D eigenvalue weighted by molar-refractivity contribution is 7.18. The molecule has 3 nitrogen and oxygen atoms in total. The summed E-state index contributed by atoms with van der Waals surface area (Å²) < 4.78 is 1.26. The predicted molar refractivity (Wildman–Crippen MR) is 108 cm³/mol. The lowest BCUT2D eigenvalue weighted by atomic mass is 9.96. The minimum Gasteiger partial charge on any atom is -0.342 e. The Morgan fingerprint density at radius 2 is 1.92 bits per heavy atom. The van der Waals surface area contributed by atoms with Crippen LogP contribution in [0.2, 0.25) is 0 Å². The van der Waals surface area contributed by atoms with Crippen LogP contribution in [0.4, 0.5) is 0 Å². The van der Waals surface area contributed by atoms with Crippen molar-refractivity contribution in [2.45, 2.75) is 39.0 Å². The fourth-order valence-electron chi connectivity index (χ4n) is 3.71. The number of carbonyl (C=O) groups is 1. The first kappa shape index (κ1) is 17.2. The average molecular weight is 365 g/mol. The van der Waals surface area contributed by atoms with Crippen LogP contribution >= 0.6 is 11.3 Å². The monoisotopic (exact) mass is 364 g/mol. The molecule has 4 heteroatoms. The molecule has 0 radical (unpaired) electrons. The van der Waals surface area contributed by atoms with Crippen molar-refractivity contribution in [2.75, 3.05) is 13.1 Å². The molecular formula is C22H24N2OS. The number of hydrogen-bond donors (Lipinski definition) is 0. The van der Waals surface area contributed by atoms with Crippen LogP contribution in [0.15, 0.2) is 42.5 Å². The average Bonchev–Trinajstić information content (AvgIpc) is 3.09. The molecule has 0 unspecified atom stereocenters. The molecule has 0 saturated carbocycles. The van der Waals surface area contributed by atoms with Gasteiger partial charge in [0.25, 0.3) is 0 Å². The van der Waals surface area contributed by atoms with Gasteiger partial charge in [0, 0.05) is 19.0 Å². The fraction of sp³-hybridized carbons (Fsp3) is 0.364. The molecule has 1 aliphatic heterocycles. The van der Waals surface area contributed by atoms with E-state index in [2.05, 4.69) is 50.2 Å². The van der Waals surface area contributed by atoms with E-state index in [1.165, 1.54) is 20.8 Å². The number of carbonyl (C=O) groups excluding carboxylic acids is 1. The fourth-order valence-corrected chi connectivity index (χ4v) is 4.84. The molecule has 4 rings (SSSR count). The van der Waals surface area contributed by atoms with Crippen molar-refractivity contribution in [3.63, 3.8) is 0 Å². The van der Waals surface area contributed by atoms with E-state index in [1.807, 2.05) is 11.0 Å². The number of aromatic nitrogens is 1. The van der Waals surface area contributed by atoms with Crippen molar-refractivity contribution in [1.82, 2.24) is 9.88 Å². The van der Waals surface area contributed by atoms with Crippen molar-refractivity contribution in [3.8, 4) is 0 Å². The van der Waals surface area contributed by atoms with Crippen LogP contribution in [0.1, 0.15) is 40.5 Å². The summed E-state index contributed by atoms with van der Waals surface area (Å²) in [5, 5.41) is 1.23. The maximum Gasteiger partial charge on any atom is 0.227 e. The largest absolute Gasteiger partial charge is 0.342 e. The molecule has 2 heterocycles. The summed E-state index contributed by atoms with van der Waals surface area (Å²) in [6, 6.07) is 14.7. The van der Waals surface area contributed by atoms with Crippen LogP contribution in [0, 0.1) is 13.8 Å². The Morgan fingerprint density at radius 1 is 1.15 bits per heavy atom. The lowest BCUT2D eigenvalue weighted by Crippen LogP contribution is -2.38. The van der Waals surface area contributed by atoms with Crippen LogP contribution < -0.4 is 0 Å². The van der Waals surface area contributed by atoms with Crippen LogP contribution in [-0.4, -0.2) is 28.9 Å². The van der Waals surface area contributed by atoms with E-state index >= 15 is 0 Å². The smallest absolute Gasteiger partial charge is 0.227 e. The third-order valence-electron chi connectivity index (χ3n) is 5.35. The lowest BCUT2D eigenvalue weighted by Gasteiger charge is -2.31. The SMILES string of the molecule is Cc1ccc(C)c(CC(=O)N2CCC(c3nc4ccccc4s3)CC2)c1. The number of likely N-dealkylation sites (tertiary alicyclic amines) is 1. The number of para-hydroxylation sites is 1. The molecule has 26 heavy (non-hydrogen) atoms. The van der Waals surface area contributed by atoms with Gasteiger partial charge in [-0.1, -0.05) is 35.9 Å². The Bertz CT molecular complexity index is 905. The second-order valence-corrected chi connectivity index (χ2v) is 8.34. The van der Waals surface area contributed by atoms with E-state index in [9.17, 15) is 4.79 Å². The number of piperidine rings is 1. The second kappa shape index (κ2) is 7.20. The molecule has 1 aliphatic rings. The highest BCUT2D eigenvalue weighted by Gasteiger charge is 2.26. The van der Waals surface area contributed by atoms with Crippen molar-refractivity contribution in [1.29, 1.82) is 0 Å². The van der Waals surface area contributed by atoms with Crippen molar-refractivity contribution >= 4 is 27.5 Å². The number of nitrogens with zero attached hydrogens (tertiary/aromatic N) is 2. The molecule has 1 fully saturated rings. The van der Waals surface area contributed by atoms with Crippen LogP contribution in [-0.2, 0) is 11.2 Å². The van der Waals surface area contributed by atoms with E-state index in [1.54, 1.807) is 11.3 Å². The van der Waals surface area contributed by atoms with Gasteiger partial charge in [-0.25, -0.2) is 4.98 Å². The summed E-state index contributed by atoms with van der Waals surface area (Å²) in [4.78, 5) is 19.6. The number of thiazole rings is 1. The van der Waals surface area contributed by atoms with Crippen LogP contribution in [0.5, 0.6) is 0 Å². The van der Waals surface area contributed by atoms with Gasteiger partial charge in [0.1, 0.15) is 0 Å². The van der Waals surface area contributed by atoms with Gasteiger partial charge >= 0.3 is 0 Å². The Morgan fingerprint density at radius 3 is 2.69 bits per heavy atom. The van der Waals surface area contributed by atoms with E-state index < -0.39 is 0 Å². The molecule has 0 N–H and O–H groups in total. The van der Waals surface area contributed by atoms with Crippen LogP contribution in [0.3, 0.4) is 0 Å². The Labute approximate surface area is 158 Å². The van der Waals surface area contributed by atoms with Gasteiger partial charge in [-0.05, 0) is 49.9 Å². The Balaban J connectivity index is 1.39. The predicted octanol–water partition coefficient (Wildman–Crippen LogP) is 4.86. The maximum atomic E-state index is 12.7. The standard InChI is InChI=1S/C22H24N2OS/c1-15-7-8-16(2)18(13-15)14-21(25)24-11-9-17(10-12-24)22-23-19-5-3-4-6-20(19)26-22/h3-8,13,17H,9-12,14H2,1-2H3. The number of amides is 1. The number of benzene rings is 2. The Hall–Kier alpha value is -2.20. The van der Waals surface area contributed by atoms with Gasteiger partial charge in [-0.15, -0.1) is 11.3 Å². The third-order valence-corrected chi connectivity index (χ3v) is 6.55. The zero-order chi connectivity index (χ0) is 18.1. The van der Waals surface area contributed by atoms with Gasteiger partial charge in [0.2, 0.25) is 5.91 Å². The third kappa shape index (κ3) is 3.51. The summed E-state index contributed by atoms with van der Waals surface area (Å²) in [5.74, 6) is 0.735. The molecule has 1 saturated heterocycles. The minimum absolute atomic E-state index is 0.251. The molecule has 2 aromatic carbocycles. The normalized spacial score (nSPS) is 15.5. The van der Waals surface area contributed by atoms with E-state index in [0.29, 0.717) is 12.3 Å². The zero-order valence-electron chi connectivity index (χ0n) is 15.4. The first-order valence-electron chi connectivity index (χ1n) is 9.29. The highest BCUT2D eigenvalue weighted by Crippen LogP contribution is 2.33. The van der Waals surface area contributed by atoms with Gasteiger partial charge in [-0.3, -0.25) is 4.79 Å². The summed E-state index contributed by atoms with van der Waals surface area (Å²) in [5.41, 5.74) is 4.67. The van der Waals surface area contributed by atoms with E-state index in [4.69, 9.17) is 4.98 Å². The molecule has 0 spiro atoms. The quantitative estimate of drug-likeness (QED) is 0.665. The zero-order valence-corrected chi connectivity index (χ0v) is 16.2. The summed E-state index contributed by atoms with van der Waals surface area (Å²) in [6.45, 7) is 5.84. The van der Waals surface area contributed by atoms with E-state index in [0.717, 1.165) is 37.0 Å². The van der Waals surface area contributed by atoms with Crippen LogP contribution in [0.25, 0.3) is 10.2 Å². The van der Waals surface area contributed by atoms with E-state index in [-0.39, 0.29) is 5.91 Å². The molecular weight excluding hydrogens is 340 g/mol. The summed E-state index contributed by atoms with van der Waals surface area (Å²) >= 11 is 1.81. The first-order valence-corrected chi connectivity index (χ1v) is 10.1. The maximum absolute atomic E-state index is 12.7. The van der Waals surface area contributed by atoms with Gasteiger partial charge in [0.15, 0.2) is 0 Å². The number of fused-ring (bicyclic) bond motifs is 1. The molecule has 134 valence electrons. The van der Waals surface area contributed by atoms with Crippen molar-refractivity contribution in [3.05, 3.63) is 64.2 Å². The summed E-state index contributed by atoms with van der Waals surface area (Å²) in [6.07, 6.45) is 2.54. The van der Waals surface area contributed by atoms with Crippen molar-refractivity contribution < 1.29 is 4.79 Å². The molecule has 3 aromatic rings. The first-order chi connectivity index (χ1) is 12.6. The Kier molecular flexibility index (Phi) is 4.77. The van der Waals surface area contributed by atoms with Gasteiger partial charge in [-0.2, -0.15) is 0 Å². The molecule has 0 bridgehead atoms. The lowest BCUT2D eigenvalue weighted by molar-refractivity contribution is -0.131. The minimum atomic E-state index is 0.251. The molecule has 0 aliphatic carbocycles. The number of hydrogen-bond acceptors (Lipinski definition) is 3. The topological polar surface area (TPSA) is 33.2 Å². The summed E-state index contributed by atoms with van der Waals surface area (Å²) in [7, 11) is 0. The molecule has 1 aromatic heterocycles. The highest BCUT2D eigenvalue weighted by atomic mass is 32.1.